The van der Waals surface area contributed by atoms with E-state index < -0.39 is 11.6 Å². The van der Waals surface area contributed by atoms with Crippen LogP contribution < -0.4 is 5.32 Å². The first-order valence-corrected chi connectivity index (χ1v) is 7.50. The molecule has 0 aliphatic heterocycles. The van der Waals surface area contributed by atoms with Gasteiger partial charge >= 0.3 is 0 Å². The molecule has 0 spiro atoms. The maximum absolute atomic E-state index is 13.2. The summed E-state index contributed by atoms with van der Waals surface area (Å²) in [6.45, 7) is 7.07. The molecule has 1 atom stereocenters. The van der Waals surface area contributed by atoms with Crippen molar-refractivity contribution in [2.24, 2.45) is 0 Å². The predicted octanol–water partition coefficient (Wildman–Crippen LogP) is 4.65. The van der Waals surface area contributed by atoms with E-state index in [4.69, 9.17) is 0 Å². The van der Waals surface area contributed by atoms with Crippen LogP contribution in [0.5, 0.6) is 0 Å². The quantitative estimate of drug-likeness (QED) is 0.846. The van der Waals surface area contributed by atoms with Crippen molar-refractivity contribution in [2.75, 3.05) is 6.54 Å². The highest BCUT2D eigenvalue weighted by Gasteiger charge is 2.22. The smallest absolute Gasteiger partial charge is 0.159 e. The Bertz CT molecular complexity index is 564. The highest BCUT2D eigenvalue weighted by Crippen LogP contribution is 2.27. The normalized spacial score (nSPS) is 13.4. The minimum absolute atomic E-state index is 0.0149. The van der Waals surface area contributed by atoms with E-state index in [-0.39, 0.29) is 11.5 Å². The van der Waals surface area contributed by atoms with Crippen molar-refractivity contribution in [3.63, 3.8) is 0 Å². The molecule has 0 amide bonds. The summed E-state index contributed by atoms with van der Waals surface area (Å²) in [6, 6.07) is 8.19. The van der Waals surface area contributed by atoms with Crippen molar-refractivity contribution >= 4 is 11.3 Å². The third kappa shape index (κ3) is 3.44. The van der Waals surface area contributed by atoms with Gasteiger partial charge in [0.25, 0.3) is 0 Å². The molecule has 1 heterocycles. The molecule has 0 radical (unpaired) electrons. The molecule has 0 bridgehead atoms. The highest BCUT2D eigenvalue weighted by atomic mass is 32.1. The lowest BCUT2D eigenvalue weighted by molar-refractivity contribution is 0.438. The molecule has 2 rings (SSSR count). The van der Waals surface area contributed by atoms with Crippen LogP contribution in [0.3, 0.4) is 0 Å². The van der Waals surface area contributed by atoms with Gasteiger partial charge in [0.2, 0.25) is 0 Å². The van der Waals surface area contributed by atoms with Gasteiger partial charge in [0, 0.05) is 22.9 Å². The topological polar surface area (TPSA) is 12.0 Å². The van der Waals surface area contributed by atoms with Gasteiger partial charge in [-0.05, 0) is 36.1 Å². The van der Waals surface area contributed by atoms with Crippen LogP contribution in [0.25, 0.3) is 0 Å². The monoisotopic (exact) mass is 295 g/mol. The van der Waals surface area contributed by atoms with Crippen molar-refractivity contribution in [3.8, 4) is 0 Å². The summed E-state index contributed by atoms with van der Waals surface area (Å²) >= 11 is 1.73. The zero-order valence-electron chi connectivity index (χ0n) is 11.9. The standard InChI is InChI=1S/C16H19F2NS/c1-11(12-6-7-13(17)14(18)9-12)19-10-16(2,3)15-5-4-8-20-15/h4-9,11,19H,10H2,1-3H3. The third-order valence-electron chi connectivity index (χ3n) is 3.48. The maximum atomic E-state index is 13.2. The lowest BCUT2D eigenvalue weighted by atomic mass is 9.91. The van der Waals surface area contributed by atoms with E-state index in [1.807, 2.05) is 13.0 Å². The number of rotatable bonds is 5. The Kier molecular flexibility index (Phi) is 4.55. The Morgan fingerprint density at radius 1 is 1.20 bits per heavy atom. The first-order chi connectivity index (χ1) is 9.40. The molecule has 0 fully saturated rings. The molecule has 0 aliphatic carbocycles. The van der Waals surface area contributed by atoms with Gasteiger partial charge in [0.05, 0.1) is 0 Å². The molecule has 1 N–H and O–H groups in total. The molecule has 20 heavy (non-hydrogen) atoms. The summed E-state index contributed by atoms with van der Waals surface area (Å²) in [6.07, 6.45) is 0. The van der Waals surface area contributed by atoms with E-state index >= 15 is 0 Å². The second kappa shape index (κ2) is 6.02. The van der Waals surface area contributed by atoms with Gasteiger partial charge in [-0.15, -0.1) is 11.3 Å². The minimum atomic E-state index is -0.806. The summed E-state index contributed by atoms with van der Waals surface area (Å²) in [5.74, 6) is -1.60. The molecule has 0 aliphatic rings. The average Bonchev–Trinajstić information content (AvgIpc) is 2.94. The van der Waals surface area contributed by atoms with Crippen LogP contribution in [-0.2, 0) is 5.41 Å². The summed E-state index contributed by atoms with van der Waals surface area (Å²) in [5.41, 5.74) is 0.770. The number of benzene rings is 1. The Balaban J connectivity index is 2.01. The molecular weight excluding hydrogens is 276 g/mol. The van der Waals surface area contributed by atoms with E-state index in [1.165, 1.54) is 17.0 Å². The van der Waals surface area contributed by atoms with Gasteiger partial charge in [-0.3, -0.25) is 0 Å². The van der Waals surface area contributed by atoms with Gasteiger partial charge < -0.3 is 5.32 Å². The molecule has 4 heteroatoms. The Hall–Kier alpha value is -1.26. The van der Waals surface area contributed by atoms with Crippen LogP contribution in [-0.4, -0.2) is 6.54 Å². The van der Waals surface area contributed by atoms with Crippen LogP contribution in [0.4, 0.5) is 8.78 Å². The summed E-state index contributed by atoms with van der Waals surface area (Å²) in [7, 11) is 0. The first kappa shape index (κ1) is 15.1. The Morgan fingerprint density at radius 2 is 1.95 bits per heavy atom. The molecule has 1 aromatic heterocycles. The van der Waals surface area contributed by atoms with Gasteiger partial charge in [-0.1, -0.05) is 26.0 Å². The van der Waals surface area contributed by atoms with Crippen molar-refractivity contribution < 1.29 is 8.78 Å². The second-order valence-corrected chi connectivity index (χ2v) is 6.59. The molecule has 1 nitrogen and oxygen atoms in total. The van der Waals surface area contributed by atoms with Crippen LogP contribution in [0.15, 0.2) is 35.7 Å². The van der Waals surface area contributed by atoms with Crippen molar-refractivity contribution in [1.82, 2.24) is 5.32 Å². The fourth-order valence-electron chi connectivity index (χ4n) is 2.06. The van der Waals surface area contributed by atoms with Crippen molar-refractivity contribution in [1.29, 1.82) is 0 Å². The van der Waals surface area contributed by atoms with E-state index in [0.29, 0.717) is 0 Å². The number of nitrogens with one attached hydrogen (secondary N) is 1. The maximum Gasteiger partial charge on any atom is 0.159 e. The van der Waals surface area contributed by atoms with Crippen LogP contribution >= 0.6 is 11.3 Å². The molecule has 1 unspecified atom stereocenters. The van der Waals surface area contributed by atoms with E-state index in [0.717, 1.165) is 12.1 Å². The second-order valence-electron chi connectivity index (χ2n) is 5.64. The van der Waals surface area contributed by atoms with Gasteiger partial charge in [0.1, 0.15) is 0 Å². The fraction of sp³-hybridized carbons (Fsp3) is 0.375. The SMILES string of the molecule is CC(NCC(C)(C)c1cccs1)c1ccc(F)c(F)c1. The molecule has 0 saturated carbocycles. The van der Waals surface area contributed by atoms with E-state index in [2.05, 4.69) is 30.6 Å². The largest absolute Gasteiger partial charge is 0.309 e. The fourth-order valence-corrected chi connectivity index (χ4v) is 2.91. The van der Waals surface area contributed by atoms with Crippen LogP contribution in [0.2, 0.25) is 0 Å². The minimum Gasteiger partial charge on any atom is -0.309 e. The van der Waals surface area contributed by atoms with Crippen LogP contribution in [0, 0.1) is 11.6 Å². The van der Waals surface area contributed by atoms with Crippen molar-refractivity contribution in [3.05, 3.63) is 57.8 Å². The van der Waals surface area contributed by atoms with Gasteiger partial charge in [-0.2, -0.15) is 0 Å². The zero-order valence-corrected chi connectivity index (χ0v) is 12.7. The zero-order chi connectivity index (χ0) is 14.8. The summed E-state index contributed by atoms with van der Waals surface area (Å²) < 4.78 is 26.2. The average molecular weight is 295 g/mol. The summed E-state index contributed by atoms with van der Waals surface area (Å²) in [4.78, 5) is 1.31. The molecule has 1 aromatic carbocycles. The molecule has 2 aromatic rings. The lowest BCUT2D eigenvalue weighted by Crippen LogP contribution is -2.33. The molecular formula is C16H19F2NS. The third-order valence-corrected chi connectivity index (χ3v) is 4.72. The number of hydrogen-bond donors (Lipinski definition) is 1. The predicted molar refractivity (Wildman–Crippen MR) is 80.1 cm³/mol. The van der Waals surface area contributed by atoms with Crippen molar-refractivity contribution in [2.45, 2.75) is 32.2 Å². The first-order valence-electron chi connectivity index (χ1n) is 6.62. The van der Waals surface area contributed by atoms with E-state index in [9.17, 15) is 8.78 Å². The number of thiophene rings is 1. The molecule has 0 saturated heterocycles. The number of hydrogen-bond acceptors (Lipinski definition) is 2. The highest BCUT2D eigenvalue weighted by molar-refractivity contribution is 7.10. The van der Waals surface area contributed by atoms with Crippen LogP contribution in [0.1, 0.15) is 37.3 Å². The summed E-state index contributed by atoms with van der Waals surface area (Å²) in [5, 5.41) is 5.46. The van der Waals surface area contributed by atoms with E-state index in [1.54, 1.807) is 17.4 Å². The number of halogens is 2. The molecule has 108 valence electrons. The van der Waals surface area contributed by atoms with Gasteiger partial charge in [-0.25, -0.2) is 8.78 Å². The van der Waals surface area contributed by atoms with Gasteiger partial charge in [0.15, 0.2) is 11.6 Å². The Labute approximate surface area is 122 Å². The lowest BCUT2D eigenvalue weighted by Gasteiger charge is -2.26. The Morgan fingerprint density at radius 3 is 2.55 bits per heavy atom.